The van der Waals surface area contributed by atoms with Crippen LogP contribution in [0.15, 0.2) is 12.1 Å². The van der Waals surface area contributed by atoms with E-state index in [-0.39, 0.29) is 5.75 Å². The van der Waals surface area contributed by atoms with Crippen molar-refractivity contribution in [3.63, 3.8) is 0 Å². The van der Waals surface area contributed by atoms with Crippen molar-refractivity contribution in [2.45, 2.75) is 19.8 Å². The van der Waals surface area contributed by atoms with Crippen LogP contribution in [0, 0.1) is 11.6 Å². The molecule has 0 bridgehead atoms. The Morgan fingerprint density at radius 3 is 2.60 bits per heavy atom. The van der Waals surface area contributed by atoms with Crippen molar-refractivity contribution in [1.29, 1.82) is 0 Å². The van der Waals surface area contributed by atoms with Crippen LogP contribution in [0.5, 0.6) is 5.75 Å². The molecular weight excluding hydrogens is 266 g/mol. The lowest BCUT2D eigenvalue weighted by atomic mass is 10.1. The molecule has 0 radical (unpaired) electrons. The number of aryl methyl sites for hydroxylation is 1. The van der Waals surface area contributed by atoms with Gasteiger partial charge < -0.3 is 4.74 Å². The van der Waals surface area contributed by atoms with Gasteiger partial charge in [-0.1, -0.05) is 22.0 Å². The van der Waals surface area contributed by atoms with Gasteiger partial charge in [0.2, 0.25) is 5.82 Å². The van der Waals surface area contributed by atoms with Gasteiger partial charge in [-0.15, -0.1) is 0 Å². The van der Waals surface area contributed by atoms with Gasteiger partial charge in [-0.3, -0.25) is 0 Å². The Morgan fingerprint density at radius 2 is 2.00 bits per heavy atom. The highest BCUT2D eigenvalue weighted by atomic mass is 79.9. The zero-order chi connectivity index (χ0) is 11.3. The number of benzene rings is 1. The molecule has 4 heteroatoms. The average molecular weight is 279 g/mol. The smallest absolute Gasteiger partial charge is 0.200 e. The molecule has 0 heterocycles. The molecule has 0 N–H and O–H groups in total. The van der Waals surface area contributed by atoms with Crippen molar-refractivity contribution < 1.29 is 13.5 Å². The van der Waals surface area contributed by atoms with Crippen LogP contribution in [-0.2, 0) is 6.42 Å². The maximum Gasteiger partial charge on any atom is 0.200 e. The van der Waals surface area contributed by atoms with Crippen LogP contribution in [0.4, 0.5) is 8.78 Å². The Hall–Kier alpha value is -0.640. The predicted octanol–water partition coefficient (Wildman–Crippen LogP) is 3.69. The summed E-state index contributed by atoms with van der Waals surface area (Å²) in [7, 11) is 0. The van der Waals surface area contributed by atoms with Crippen molar-refractivity contribution in [2.24, 2.45) is 0 Å². The Labute approximate surface area is 96.6 Å². The molecule has 0 unspecified atom stereocenters. The van der Waals surface area contributed by atoms with Crippen molar-refractivity contribution in [3.8, 4) is 5.75 Å². The summed E-state index contributed by atoms with van der Waals surface area (Å²) in [6.45, 7) is 2.06. The molecule has 0 atom stereocenters. The molecule has 15 heavy (non-hydrogen) atoms. The SMILES string of the molecule is CCOc1ccc(CCCBr)c(F)c1F. The lowest BCUT2D eigenvalue weighted by molar-refractivity contribution is 0.313. The van der Waals surface area contributed by atoms with Crippen LogP contribution in [-0.4, -0.2) is 11.9 Å². The summed E-state index contributed by atoms with van der Waals surface area (Å²) in [5.41, 5.74) is 0.399. The molecule has 0 saturated carbocycles. The average Bonchev–Trinajstić information content (AvgIpc) is 2.24. The summed E-state index contributed by atoms with van der Waals surface area (Å²) >= 11 is 3.25. The minimum absolute atomic E-state index is 0.0161. The highest BCUT2D eigenvalue weighted by Gasteiger charge is 2.13. The fourth-order valence-electron chi connectivity index (χ4n) is 1.29. The number of alkyl halides is 1. The van der Waals surface area contributed by atoms with Gasteiger partial charge in [0.1, 0.15) is 0 Å². The molecular formula is C11H13BrF2O. The minimum Gasteiger partial charge on any atom is -0.491 e. The molecule has 84 valence electrons. The van der Waals surface area contributed by atoms with Crippen molar-refractivity contribution in [3.05, 3.63) is 29.3 Å². The fraction of sp³-hybridized carbons (Fsp3) is 0.455. The molecule has 1 rings (SSSR count). The Balaban J connectivity index is 2.88. The summed E-state index contributed by atoms with van der Waals surface area (Å²) in [4.78, 5) is 0. The second-order valence-electron chi connectivity index (χ2n) is 3.08. The lowest BCUT2D eigenvalue weighted by Crippen LogP contribution is -2.00. The number of hydrogen-bond acceptors (Lipinski definition) is 1. The molecule has 0 spiro atoms. The van der Waals surface area contributed by atoms with Gasteiger partial charge in [-0.05, 0) is 31.4 Å². The van der Waals surface area contributed by atoms with Gasteiger partial charge in [0, 0.05) is 5.33 Å². The molecule has 0 amide bonds. The number of halogens is 3. The number of hydrogen-bond donors (Lipinski definition) is 0. The third kappa shape index (κ3) is 3.16. The van der Waals surface area contributed by atoms with Gasteiger partial charge in [-0.25, -0.2) is 4.39 Å². The van der Waals surface area contributed by atoms with Crippen LogP contribution >= 0.6 is 15.9 Å². The van der Waals surface area contributed by atoms with E-state index in [0.717, 1.165) is 11.8 Å². The summed E-state index contributed by atoms with van der Waals surface area (Å²) in [6.07, 6.45) is 1.31. The number of ether oxygens (including phenoxy) is 1. The van der Waals surface area contributed by atoms with Crippen LogP contribution in [0.2, 0.25) is 0 Å². The van der Waals surface area contributed by atoms with Crippen LogP contribution in [0.1, 0.15) is 18.9 Å². The van der Waals surface area contributed by atoms with Crippen LogP contribution in [0.25, 0.3) is 0 Å². The summed E-state index contributed by atoms with van der Waals surface area (Å²) < 4.78 is 31.8. The Kier molecular flexibility index (Phi) is 5.02. The first kappa shape index (κ1) is 12.4. The second-order valence-corrected chi connectivity index (χ2v) is 3.87. The molecule has 1 aromatic carbocycles. The van der Waals surface area contributed by atoms with Gasteiger partial charge >= 0.3 is 0 Å². The molecule has 1 aromatic rings. The maximum absolute atomic E-state index is 13.4. The van der Waals surface area contributed by atoms with Gasteiger partial charge in [-0.2, -0.15) is 4.39 Å². The fourth-order valence-corrected chi connectivity index (χ4v) is 1.57. The largest absolute Gasteiger partial charge is 0.491 e. The standard InChI is InChI=1S/C11H13BrF2O/c1-2-15-9-6-5-8(4-3-7-12)10(13)11(9)14/h5-6H,2-4,7H2,1H3. The van der Waals surface area contributed by atoms with E-state index in [4.69, 9.17) is 4.74 Å². The normalized spacial score (nSPS) is 10.4. The van der Waals surface area contributed by atoms with E-state index in [1.54, 1.807) is 13.0 Å². The molecule has 0 aliphatic rings. The highest BCUT2D eigenvalue weighted by molar-refractivity contribution is 9.09. The van der Waals surface area contributed by atoms with E-state index in [9.17, 15) is 8.78 Å². The van der Waals surface area contributed by atoms with Gasteiger partial charge in [0.05, 0.1) is 6.61 Å². The second kappa shape index (κ2) is 6.05. The molecule has 0 fully saturated rings. The first-order chi connectivity index (χ1) is 7.20. The highest BCUT2D eigenvalue weighted by Crippen LogP contribution is 2.23. The zero-order valence-corrected chi connectivity index (χ0v) is 10.1. The molecule has 1 nitrogen and oxygen atoms in total. The van der Waals surface area contributed by atoms with E-state index < -0.39 is 11.6 Å². The quantitative estimate of drug-likeness (QED) is 0.747. The van der Waals surface area contributed by atoms with Crippen LogP contribution in [0.3, 0.4) is 0 Å². The Morgan fingerprint density at radius 1 is 1.27 bits per heavy atom. The predicted molar refractivity (Wildman–Crippen MR) is 59.6 cm³/mol. The zero-order valence-electron chi connectivity index (χ0n) is 8.53. The topological polar surface area (TPSA) is 9.23 Å². The van der Waals surface area contributed by atoms with Gasteiger partial charge in [0.15, 0.2) is 11.6 Å². The number of rotatable bonds is 5. The van der Waals surface area contributed by atoms with E-state index in [1.807, 2.05) is 0 Å². The lowest BCUT2D eigenvalue weighted by Gasteiger charge is -2.08. The minimum atomic E-state index is -0.885. The first-order valence-electron chi connectivity index (χ1n) is 4.86. The van der Waals surface area contributed by atoms with E-state index in [2.05, 4.69) is 15.9 Å². The summed E-state index contributed by atoms with van der Waals surface area (Å²) in [6, 6.07) is 3.05. The van der Waals surface area contributed by atoms with Crippen molar-refractivity contribution in [1.82, 2.24) is 0 Å². The van der Waals surface area contributed by atoms with Crippen molar-refractivity contribution >= 4 is 15.9 Å². The van der Waals surface area contributed by atoms with Crippen molar-refractivity contribution in [2.75, 3.05) is 11.9 Å². The third-order valence-electron chi connectivity index (χ3n) is 2.01. The third-order valence-corrected chi connectivity index (χ3v) is 2.57. The summed E-state index contributed by atoms with van der Waals surface area (Å²) in [5.74, 6) is -1.69. The molecule has 0 aromatic heterocycles. The maximum atomic E-state index is 13.4. The van der Waals surface area contributed by atoms with E-state index in [0.29, 0.717) is 18.6 Å². The van der Waals surface area contributed by atoms with Gasteiger partial charge in [0.25, 0.3) is 0 Å². The van der Waals surface area contributed by atoms with E-state index in [1.165, 1.54) is 6.07 Å². The van der Waals surface area contributed by atoms with Crippen LogP contribution < -0.4 is 4.74 Å². The summed E-state index contributed by atoms with van der Waals surface area (Å²) in [5, 5.41) is 0.779. The first-order valence-corrected chi connectivity index (χ1v) is 5.98. The molecule has 0 aliphatic carbocycles. The Bertz CT molecular complexity index is 329. The molecule has 0 aliphatic heterocycles. The van der Waals surface area contributed by atoms with E-state index >= 15 is 0 Å². The molecule has 0 saturated heterocycles. The monoisotopic (exact) mass is 278 g/mol.